The van der Waals surface area contributed by atoms with E-state index < -0.39 is 0 Å². The Hall–Kier alpha value is -2.18. The van der Waals surface area contributed by atoms with Crippen LogP contribution in [0.1, 0.15) is 11.5 Å². The van der Waals surface area contributed by atoms with Gasteiger partial charge in [-0.25, -0.2) is 4.98 Å². The zero-order valence-corrected chi connectivity index (χ0v) is 13.5. The van der Waals surface area contributed by atoms with Crippen molar-refractivity contribution in [3.8, 4) is 0 Å². The maximum atomic E-state index is 5.92. The highest BCUT2D eigenvalue weighted by Gasteiger charge is 2.10. The second-order valence-electron chi connectivity index (χ2n) is 5.39. The van der Waals surface area contributed by atoms with Gasteiger partial charge >= 0.3 is 0 Å². The average Bonchev–Trinajstić information content (AvgIpc) is 2.82. The molecule has 0 atom stereocenters. The predicted molar refractivity (Wildman–Crippen MR) is 87.6 cm³/mol. The summed E-state index contributed by atoms with van der Waals surface area (Å²) in [5.74, 6) is 2.15. The van der Waals surface area contributed by atoms with E-state index in [0.29, 0.717) is 17.3 Å². The van der Waals surface area contributed by atoms with E-state index in [1.165, 1.54) is 0 Å². The fourth-order valence-electron chi connectivity index (χ4n) is 2.15. The second-order valence-corrected chi connectivity index (χ2v) is 5.83. The van der Waals surface area contributed by atoms with Crippen molar-refractivity contribution in [2.75, 3.05) is 19.4 Å². The molecule has 0 aliphatic heterocycles. The van der Waals surface area contributed by atoms with Crippen LogP contribution < -0.4 is 5.32 Å². The number of hydrogen-bond donors (Lipinski definition) is 1. The minimum Gasteiger partial charge on any atom is -0.340 e. The third-order valence-corrected chi connectivity index (χ3v) is 3.31. The van der Waals surface area contributed by atoms with E-state index in [1.54, 1.807) is 4.52 Å². The van der Waals surface area contributed by atoms with Crippen molar-refractivity contribution < 1.29 is 0 Å². The molecule has 3 aromatic rings. The van der Waals surface area contributed by atoms with Crippen LogP contribution in [0.3, 0.4) is 0 Å². The van der Waals surface area contributed by atoms with Crippen LogP contribution in [0, 0.1) is 6.92 Å². The van der Waals surface area contributed by atoms with Gasteiger partial charge in [0.05, 0.1) is 6.54 Å². The average molecular weight is 317 g/mol. The minimum atomic E-state index is 0.591. The fraction of sp³-hybridized carbons (Fsp3) is 0.267. The summed E-state index contributed by atoms with van der Waals surface area (Å²) in [6.45, 7) is 2.61. The number of fused-ring (bicyclic) bond motifs is 1. The lowest BCUT2D eigenvalue weighted by Crippen LogP contribution is -2.12. The van der Waals surface area contributed by atoms with Crippen LogP contribution in [0.4, 0.5) is 11.5 Å². The Balaban J connectivity index is 2.00. The number of rotatable bonds is 4. The summed E-state index contributed by atoms with van der Waals surface area (Å²) < 4.78 is 1.72. The second kappa shape index (κ2) is 5.90. The van der Waals surface area contributed by atoms with Gasteiger partial charge in [0, 0.05) is 22.5 Å². The first-order valence-electron chi connectivity index (χ1n) is 6.92. The van der Waals surface area contributed by atoms with Crippen molar-refractivity contribution in [2.24, 2.45) is 0 Å². The number of anilines is 2. The Morgan fingerprint density at radius 3 is 2.59 bits per heavy atom. The van der Waals surface area contributed by atoms with Gasteiger partial charge in [-0.15, -0.1) is 5.10 Å². The minimum absolute atomic E-state index is 0.591. The van der Waals surface area contributed by atoms with Crippen LogP contribution in [0.2, 0.25) is 5.02 Å². The first kappa shape index (κ1) is 14.7. The molecule has 0 saturated carbocycles. The molecule has 0 amide bonds. The lowest BCUT2D eigenvalue weighted by molar-refractivity contribution is 0.390. The van der Waals surface area contributed by atoms with Gasteiger partial charge in [-0.05, 0) is 45.3 Å². The molecule has 2 aromatic heterocycles. The number of halogens is 1. The van der Waals surface area contributed by atoms with Gasteiger partial charge in [-0.1, -0.05) is 11.6 Å². The molecular weight excluding hydrogens is 300 g/mol. The molecule has 114 valence electrons. The number of aryl methyl sites for hydroxylation is 1. The van der Waals surface area contributed by atoms with E-state index in [9.17, 15) is 0 Å². The largest absolute Gasteiger partial charge is 0.340 e. The van der Waals surface area contributed by atoms with E-state index in [2.05, 4.69) is 20.4 Å². The standard InChI is InChI=1S/C15H17ClN6/c1-10-8-14(18-12-6-4-11(16)5-7-12)22-15(17-10)19-13(20-22)9-21(2)3/h4-8,18H,9H2,1-3H3. The molecule has 0 fully saturated rings. The summed E-state index contributed by atoms with van der Waals surface area (Å²) in [4.78, 5) is 10.9. The monoisotopic (exact) mass is 316 g/mol. The molecule has 0 spiro atoms. The molecule has 0 aliphatic carbocycles. The van der Waals surface area contributed by atoms with Crippen molar-refractivity contribution in [1.29, 1.82) is 0 Å². The van der Waals surface area contributed by atoms with E-state index in [0.717, 1.165) is 23.0 Å². The third-order valence-electron chi connectivity index (χ3n) is 3.06. The number of nitrogens with one attached hydrogen (secondary N) is 1. The zero-order valence-electron chi connectivity index (χ0n) is 12.7. The van der Waals surface area contributed by atoms with Crippen LogP contribution in [-0.4, -0.2) is 38.6 Å². The lowest BCUT2D eigenvalue weighted by atomic mass is 10.3. The molecule has 0 radical (unpaired) electrons. The molecule has 1 aromatic carbocycles. The fourth-order valence-corrected chi connectivity index (χ4v) is 2.27. The Morgan fingerprint density at radius 1 is 1.18 bits per heavy atom. The predicted octanol–water partition coefficient (Wildman–Crippen LogP) is 2.89. The number of aromatic nitrogens is 4. The molecule has 3 rings (SSSR count). The summed E-state index contributed by atoms with van der Waals surface area (Å²) in [6, 6.07) is 9.46. The van der Waals surface area contributed by atoms with Crippen molar-refractivity contribution in [3.63, 3.8) is 0 Å². The van der Waals surface area contributed by atoms with Gasteiger partial charge in [0.25, 0.3) is 5.78 Å². The molecule has 1 N–H and O–H groups in total. The summed E-state index contributed by atoms with van der Waals surface area (Å²) in [6.07, 6.45) is 0. The molecule has 2 heterocycles. The van der Waals surface area contributed by atoms with Gasteiger partial charge < -0.3 is 10.2 Å². The first-order valence-corrected chi connectivity index (χ1v) is 7.30. The normalized spacial score (nSPS) is 11.3. The van der Waals surface area contributed by atoms with Crippen LogP contribution in [0.5, 0.6) is 0 Å². The molecule has 7 heteroatoms. The van der Waals surface area contributed by atoms with E-state index in [-0.39, 0.29) is 0 Å². The SMILES string of the molecule is Cc1cc(Nc2ccc(Cl)cc2)n2nc(CN(C)C)nc2n1. The van der Waals surface area contributed by atoms with E-state index in [1.807, 2.05) is 56.3 Å². The maximum Gasteiger partial charge on any atom is 0.254 e. The van der Waals surface area contributed by atoms with Crippen molar-refractivity contribution in [3.05, 3.63) is 46.9 Å². The summed E-state index contributed by atoms with van der Waals surface area (Å²) in [7, 11) is 3.97. The molecule has 0 bridgehead atoms. The molecule has 0 aliphatic rings. The Labute approximate surface area is 133 Å². The van der Waals surface area contributed by atoms with Crippen molar-refractivity contribution in [1.82, 2.24) is 24.5 Å². The van der Waals surface area contributed by atoms with Gasteiger partial charge in [-0.2, -0.15) is 9.50 Å². The van der Waals surface area contributed by atoms with Crippen LogP contribution in [-0.2, 0) is 6.54 Å². The van der Waals surface area contributed by atoms with Gasteiger partial charge in [0.15, 0.2) is 5.82 Å². The topological polar surface area (TPSA) is 58.4 Å². The van der Waals surface area contributed by atoms with Gasteiger partial charge in [0.1, 0.15) is 5.82 Å². The summed E-state index contributed by atoms with van der Waals surface area (Å²) >= 11 is 5.92. The zero-order chi connectivity index (χ0) is 15.7. The number of benzene rings is 1. The van der Waals surface area contributed by atoms with Crippen LogP contribution >= 0.6 is 11.6 Å². The lowest BCUT2D eigenvalue weighted by Gasteiger charge is -2.08. The highest BCUT2D eigenvalue weighted by molar-refractivity contribution is 6.30. The van der Waals surface area contributed by atoms with Crippen molar-refractivity contribution in [2.45, 2.75) is 13.5 Å². The quantitative estimate of drug-likeness (QED) is 0.802. The molecular formula is C15H17ClN6. The first-order chi connectivity index (χ1) is 10.5. The number of nitrogens with zero attached hydrogens (tertiary/aromatic N) is 5. The Kier molecular flexibility index (Phi) is 3.96. The molecule has 0 saturated heterocycles. The van der Waals surface area contributed by atoms with E-state index >= 15 is 0 Å². The molecule has 6 nitrogen and oxygen atoms in total. The Bertz CT molecular complexity index is 794. The summed E-state index contributed by atoms with van der Waals surface area (Å²) in [5, 5.41) is 8.55. The Morgan fingerprint density at radius 2 is 1.91 bits per heavy atom. The smallest absolute Gasteiger partial charge is 0.254 e. The molecule has 0 unspecified atom stereocenters. The van der Waals surface area contributed by atoms with Gasteiger partial charge in [-0.3, -0.25) is 0 Å². The van der Waals surface area contributed by atoms with Crippen molar-refractivity contribution >= 4 is 28.9 Å². The number of hydrogen-bond acceptors (Lipinski definition) is 5. The maximum absolute atomic E-state index is 5.92. The van der Waals surface area contributed by atoms with Crippen LogP contribution in [0.15, 0.2) is 30.3 Å². The summed E-state index contributed by atoms with van der Waals surface area (Å²) in [5.41, 5.74) is 1.81. The van der Waals surface area contributed by atoms with Gasteiger partial charge in [0.2, 0.25) is 0 Å². The van der Waals surface area contributed by atoms with Crippen LogP contribution in [0.25, 0.3) is 5.78 Å². The highest BCUT2D eigenvalue weighted by atomic mass is 35.5. The highest BCUT2D eigenvalue weighted by Crippen LogP contribution is 2.20. The molecule has 22 heavy (non-hydrogen) atoms. The van der Waals surface area contributed by atoms with E-state index in [4.69, 9.17) is 11.6 Å². The third kappa shape index (κ3) is 3.18.